The molecule has 2 heterocycles. The Balaban J connectivity index is 1.95. The van der Waals surface area contributed by atoms with Gasteiger partial charge in [0.25, 0.3) is 0 Å². The second-order valence-corrected chi connectivity index (χ2v) is 6.67. The lowest BCUT2D eigenvalue weighted by Gasteiger charge is -2.29. The normalized spacial score (nSPS) is 18.6. The average molecular weight is 293 g/mol. The third-order valence-corrected chi connectivity index (χ3v) is 5.34. The highest BCUT2D eigenvalue weighted by Crippen LogP contribution is 2.35. The van der Waals surface area contributed by atoms with Gasteiger partial charge in [-0.15, -0.1) is 11.3 Å². The van der Waals surface area contributed by atoms with Gasteiger partial charge in [0.1, 0.15) is 0 Å². The number of nitrogens with zero attached hydrogens (tertiary/aromatic N) is 2. The van der Waals surface area contributed by atoms with Crippen LogP contribution in [0.3, 0.4) is 0 Å². The molecule has 1 atom stereocenters. The molecule has 1 fully saturated rings. The van der Waals surface area contributed by atoms with Crippen LogP contribution in [0.2, 0.25) is 0 Å². The molecule has 0 spiro atoms. The van der Waals surface area contributed by atoms with Crippen LogP contribution in [0.5, 0.6) is 0 Å². The zero-order chi connectivity index (χ0) is 13.2. The minimum Gasteiger partial charge on any atom is -0.296 e. The van der Waals surface area contributed by atoms with E-state index < -0.39 is 0 Å². The van der Waals surface area contributed by atoms with Gasteiger partial charge in [-0.2, -0.15) is 5.10 Å². The topological polar surface area (TPSA) is 33.6 Å². The van der Waals surface area contributed by atoms with Crippen LogP contribution in [0.15, 0.2) is 17.5 Å². The molecule has 2 aromatic rings. The van der Waals surface area contributed by atoms with Crippen molar-refractivity contribution in [2.45, 2.75) is 45.1 Å². The molecule has 0 aliphatic heterocycles. The summed E-state index contributed by atoms with van der Waals surface area (Å²) in [5.41, 5.74) is 0. The Kier molecular flexibility index (Phi) is 3.84. The van der Waals surface area contributed by atoms with Gasteiger partial charge in [0.15, 0.2) is 10.6 Å². The van der Waals surface area contributed by atoms with Gasteiger partial charge < -0.3 is 0 Å². The second kappa shape index (κ2) is 5.59. The van der Waals surface area contributed by atoms with Crippen molar-refractivity contribution in [3.8, 4) is 10.7 Å². The third-order valence-electron chi connectivity index (χ3n) is 4.19. The van der Waals surface area contributed by atoms with Crippen LogP contribution in [-0.2, 0) is 0 Å². The molecule has 2 aromatic heterocycles. The first-order chi connectivity index (χ1) is 9.27. The van der Waals surface area contributed by atoms with Crippen molar-refractivity contribution in [1.82, 2.24) is 14.8 Å². The van der Waals surface area contributed by atoms with Gasteiger partial charge in [-0.25, -0.2) is 0 Å². The van der Waals surface area contributed by atoms with E-state index in [1.165, 1.54) is 37.0 Å². The highest BCUT2D eigenvalue weighted by atomic mass is 32.1. The van der Waals surface area contributed by atoms with E-state index in [9.17, 15) is 0 Å². The number of rotatable bonds is 3. The van der Waals surface area contributed by atoms with Gasteiger partial charge in [-0.3, -0.25) is 9.67 Å². The first-order valence-corrected chi connectivity index (χ1v) is 8.27. The number of hydrogen-bond donors (Lipinski definition) is 1. The van der Waals surface area contributed by atoms with E-state index in [2.05, 4.69) is 39.2 Å². The molecular formula is C14H19N3S2. The van der Waals surface area contributed by atoms with Gasteiger partial charge in [0, 0.05) is 6.04 Å². The monoisotopic (exact) mass is 293 g/mol. The Morgan fingerprint density at radius 3 is 2.89 bits per heavy atom. The Labute approximate surface area is 122 Å². The molecule has 1 aliphatic rings. The summed E-state index contributed by atoms with van der Waals surface area (Å²) in [4.78, 5) is 1.19. The molecule has 0 saturated heterocycles. The fourth-order valence-corrected chi connectivity index (χ4v) is 4.10. The van der Waals surface area contributed by atoms with Gasteiger partial charge in [-0.1, -0.05) is 25.3 Å². The lowest BCUT2D eigenvalue weighted by atomic mass is 9.84. The smallest absolute Gasteiger partial charge is 0.195 e. The molecule has 1 saturated carbocycles. The summed E-state index contributed by atoms with van der Waals surface area (Å²) >= 11 is 7.16. The average Bonchev–Trinajstić information content (AvgIpc) is 3.08. The lowest BCUT2D eigenvalue weighted by molar-refractivity contribution is 0.263. The van der Waals surface area contributed by atoms with Crippen LogP contribution in [0, 0.1) is 10.7 Å². The molecule has 1 N–H and O–H groups in total. The Hall–Kier alpha value is -0.940. The number of aromatic amines is 1. The summed E-state index contributed by atoms with van der Waals surface area (Å²) in [6.07, 6.45) is 6.73. The second-order valence-electron chi connectivity index (χ2n) is 5.34. The van der Waals surface area contributed by atoms with Gasteiger partial charge in [0.2, 0.25) is 0 Å². The maximum Gasteiger partial charge on any atom is 0.195 e. The van der Waals surface area contributed by atoms with Crippen LogP contribution < -0.4 is 0 Å². The van der Waals surface area contributed by atoms with Gasteiger partial charge >= 0.3 is 0 Å². The molecule has 0 radical (unpaired) electrons. The van der Waals surface area contributed by atoms with E-state index in [4.69, 9.17) is 12.2 Å². The maximum absolute atomic E-state index is 5.44. The number of hydrogen-bond acceptors (Lipinski definition) is 3. The Morgan fingerprint density at radius 1 is 1.42 bits per heavy atom. The largest absolute Gasteiger partial charge is 0.296 e. The molecule has 0 bridgehead atoms. The lowest BCUT2D eigenvalue weighted by Crippen LogP contribution is -2.20. The van der Waals surface area contributed by atoms with Crippen molar-refractivity contribution >= 4 is 23.6 Å². The molecule has 3 nitrogen and oxygen atoms in total. The number of nitrogens with one attached hydrogen (secondary N) is 1. The van der Waals surface area contributed by atoms with E-state index >= 15 is 0 Å². The van der Waals surface area contributed by atoms with E-state index in [1.807, 2.05) is 0 Å². The first kappa shape index (κ1) is 13.1. The summed E-state index contributed by atoms with van der Waals surface area (Å²) < 4.78 is 2.97. The molecule has 1 aliphatic carbocycles. The highest BCUT2D eigenvalue weighted by molar-refractivity contribution is 7.71. The maximum atomic E-state index is 5.44. The number of thiophene rings is 1. The zero-order valence-corrected chi connectivity index (χ0v) is 12.8. The minimum absolute atomic E-state index is 0.434. The molecule has 1 unspecified atom stereocenters. The molecule has 19 heavy (non-hydrogen) atoms. The molecule has 102 valence electrons. The van der Waals surface area contributed by atoms with Crippen LogP contribution in [0.25, 0.3) is 10.7 Å². The fourth-order valence-electron chi connectivity index (χ4n) is 3.09. The Morgan fingerprint density at radius 2 is 2.21 bits per heavy atom. The van der Waals surface area contributed by atoms with Crippen molar-refractivity contribution in [2.75, 3.05) is 0 Å². The van der Waals surface area contributed by atoms with Crippen molar-refractivity contribution in [2.24, 2.45) is 5.92 Å². The summed E-state index contributed by atoms with van der Waals surface area (Å²) in [5.74, 6) is 1.73. The molecular weight excluding hydrogens is 274 g/mol. The predicted molar refractivity (Wildman–Crippen MR) is 82.0 cm³/mol. The molecule has 3 rings (SSSR count). The minimum atomic E-state index is 0.434. The van der Waals surface area contributed by atoms with E-state index in [0.717, 1.165) is 16.5 Å². The third kappa shape index (κ3) is 2.54. The molecule has 0 aromatic carbocycles. The van der Waals surface area contributed by atoms with Crippen molar-refractivity contribution in [3.63, 3.8) is 0 Å². The van der Waals surface area contributed by atoms with E-state index in [0.29, 0.717) is 6.04 Å². The summed E-state index contributed by atoms with van der Waals surface area (Å²) in [6, 6.07) is 4.61. The number of aromatic nitrogens is 3. The van der Waals surface area contributed by atoms with E-state index in [-0.39, 0.29) is 0 Å². The van der Waals surface area contributed by atoms with Crippen molar-refractivity contribution < 1.29 is 0 Å². The van der Waals surface area contributed by atoms with E-state index in [1.54, 1.807) is 11.3 Å². The van der Waals surface area contributed by atoms with Crippen LogP contribution in [0.4, 0.5) is 0 Å². The standard InChI is InChI=1S/C14H19N3S2/c1-10(11-6-3-2-4-7-11)17-13(15-16-14(17)18)12-8-5-9-19-12/h5,8-11H,2-4,6-7H2,1H3,(H,16,18). The SMILES string of the molecule is CC(C1CCCCC1)n1c(-c2cccs2)n[nH]c1=S. The fraction of sp³-hybridized carbons (Fsp3) is 0.571. The van der Waals surface area contributed by atoms with Gasteiger partial charge in [-0.05, 0) is 49.3 Å². The quantitative estimate of drug-likeness (QED) is 0.824. The molecule has 0 amide bonds. The van der Waals surface area contributed by atoms with Crippen LogP contribution >= 0.6 is 23.6 Å². The predicted octanol–water partition coefficient (Wildman–Crippen LogP) is 4.81. The summed E-state index contributed by atoms with van der Waals surface area (Å²) in [6.45, 7) is 2.29. The zero-order valence-electron chi connectivity index (χ0n) is 11.1. The van der Waals surface area contributed by atoms with Crippen LogP contribution in [0.1, 0.15) is 45.1 Å². The summed E-state index contributed by atoms with van der Waals surface area (Å²) in [7, 11) is 0. The highest BCUT2D eigenvalue weighted by Gasteiger charge is 2.24. The summed E-state index contributed by atoms with van der Waals surface area (Å²) in [5, 5.41) is 9.48. The van der Waals surface area contributed by atoms with Crippen molar-refractivity contribution in [3.05, 3.63) is 22.3 Å². The van der Waals surface area contributed by atoms with Gasteiger partial charge in [0.05, 0.1) is 4.88 Å². The molecule has 5 heteroatoms. The first-order valence-electron chi connectivity index (χ1n) is 6.98. The Bertz CT molecular complexity index is 576. The van der Waals surface area contributed by atoms with Crippen LogP contribution in [-0.4, -0.2) is 14.8 Å². The number of H-pyrrole nitrogens is 1. The van der Waals surface area contributed by atoms with Crippen molar-refractivity contribution in [1.29, 1.82) is 0 Å².